The van der Waals surface area contributed by atoms with Crippen molar-refractivity contribution < 1.29 is 28.9 Å². The van der Waals surface area contributed by atoms with Gasteiger partial charge in [0.15, 0.2) is 29.8 Å². The Morgan fingerprint density at radius 2 is 2.16 bits per heavy atom. The van der Waals surface area contributed by atoms with Gasteiger partial charge in [0.25, 0.3) is 11.8 Å². The molecule has 2 aliphatic heterocycles. The maximum absolute atomic E-state index is 13.0. The third-order valence-electron chi connectivity index (χ3n) is 5.77. The molecule has 2 atom stereocenters. The van der Waals surface area contributed by atoms with Gasteiger partial charge in [-0.3, -0.25) is 19.6 Å². The zero-order valence-electron chi connectivity index (χ0n) is 19.3. The van der Waals surface area contributed by atoms with E-state index in [9.17, 15) is 19.5 Å². The second-order valence-corrected chi connectivity index (χ2v) is 10.0. The molecule has 0 bridgehead atoms. The second kappa shape index (κ2) is 10.0. The monoisotopic (exact) mass is 541 g/mol. The van der Waals surface area contributed by atoms with E-state index in [4.69, 9.17) is 10.6 Å². The van der Waals surface area contributed by atoms with Crippen LogP contribution >= 0.6 is 23.1 Å². The quantitative estimate of drug-likeness (QED) is 0.134. The molecule has 3 aromatic heterocycles. The number of rotatable bonds is 8. The number of fused-ring (bicyclic) bond motifs is 1. The van der Waals surface area contributed by atoms with Gasteiger partial charge in [-0.2, -0.15) is 5.10 Å². The zero-order chi connectivity index (χ0) is 26.1. The third-order valence-corrected chi connectivity index (χ3v) is 7.79. The van der Waals surface area contributed by atoms with Crippen molar-refractivity contribution in [2.24, 2.45) is 5.16 Å². The number of carboxylic acids is 1. The van der Waals surface area contributed by atoms with Crippen LogP contribution in [0.2, 0.25) is 0 Å². The molecular weight excluding hydrogens is 520 g/mol. The van der Waals surface area contributed by atoms with Gasteiger partial charge in [0.1, 0.15) is 29.9 Å². The van der Waals surface area contributed by atoms with Gasteiger partial charge in [-0.15, -0.1) is 23.1 Å². The molecule has 37 heavy (non-hydrogen) atoms. The fourth-order valence-corrected chi connectivity index (χ4v) is 5.97. The maximum atomic E-state index is 13.0. The molecule has 0 saturated carbocycles. The van der Waals surface area contributed by atoms with Crippen LogP contribution in [0.1, 0.15) is 5.69 Å². The number of anilines is 1. The molecule has 1 saturated heterocycles. The van der Waals surface area contributed by atoms with E-state index in [1.165, 1.54) is 23.8 Å². The van der Waals surface area contributed by atoms with Crippen molar-refractivity contribution in [1.82, 2.24) is 25.4 Å². The smallest absolute Gasteiger partial charge is 0.352 e. The van der Waals surface area contributed by atoms with Gasteiger partial charge >= 0.3 is 5.97 Å². The van der Waals surface area contributed by atoms with Crippen LogP contribution in [0, 0.1) is 0 Å². The molecule has 1 fully saturated rings. The summed E-state index contributed by atoms with van der Waals surface area (Å²) < 4.78 is 1.84. The number of nitrogens with zero attached hydrogens (tertiary/aromatic N) is 5. The second-order valence-electron chi connectivity index (χ2n) is 8.04. The summed E-state index contributed by atoms with van der Waals surface area (Å²) in [6.07, 6.45) is 5.33. The summed E-state index contributed by atoms with van der Waals surface area (Å²) in [5.74, 6) is -2.02. The molecule has 190 valence electrons. The van der Waals surface area contributed by atoms with Gasteiger partial charge in [0, 0.05) is 40.6 Å². The molecule has 0 unspecified atom stereocenters. The standard InChI is InChI=1S/C22H20N8O5S2/c1-35-28-15(14-10-37-22(23)25-14)18(31)26-16-19(32)30-17(21(33)34)12(9-36-20(16)30)8-29-6-3-11(4-7-29)13-2-5-24-27-13/h2-7,10,16,20H,8-9H2,1H3,(H4,23,25,26,31,33,34)/p+1/b28-15-/t16-,20-/m1/s1. The average Bonchev–Trinajstić information content (AvgIpc) is 3.58. The first-order valence-corrected chi connectivity index (χ1v) is 12.8. The number of thioether (sulfide) groups is 1. The lowest BCUT2D eigenvalue weighted by molar-refractivity contribution is -0.689. The molecule has 0 aromatic carbocycles. The van der Waals surface area contributed by atoms with Crippen molar-refractivity contribution in [3.63, 3.8) is 0 Å². The van der Waals surface area contributed by atoms with Gasteiger partial charge in [0.2, 0.25) is 0 Å². The number of nitrogens with one attached hydrogen (secondary N) is 2. The summed E-state index contributed by atoms with van der Waals surface area (Å²) in [5, 5.41) is 24.4. The predicted molar refractivity (Wildman–Crippen MR) is 134 cm³/mol. The normalized spacial score (nSPS) is 19.3. The number of carbonyl (C=O) groups excluding carboxylic acids is 2. The van der Waals surface area contributed by atoms with Crippen LogP contribution in [0.25, 0.3) is 11.3 Å². The van der Waals surface area contributed by atoms with Gasteiger partial charge in [-0.05, 0) is 6.07 Å². The topological polar surface area (TPSA) is 180 Å². The van der Waals surface area contributed by atoms with E-state index in [2.05, 4.69) is 25.7 Å². The van der Waals surface area contributed by atoms with Crippen LogP contribution in [0.4, 0.5) is 5.13 Å². The Morgan fingerprint density at radius 1 is 1.38 bits per heavy atom. The van der Waals surface area contributed by atoms with E-state index in [-0.39, 0.29) is 22.2 Å². The minimum Gasteiger partial charge on any atom is -0.477 e. The SMILES string of the molecule is CO/N=C(\C(=O)N[C@@H]1C(=O)N2C(C(=O)O)=C(C[n+]3ccc(-c4ccn[nH]4)cc3)CS[C@H]12)c1csc(N)n1. The van der Waals surface area contributed by atoms with Crippen molar-refractivity contribution in [2.45, 2.75) is 18.0 Å². The molecule has 2 amide bonds. The van der Waals surface area contributed by atoms with Gasteiger partial charge in [-0.25, -0.2) is 14.3 Å². The van der Waals surface area contributed by atoms with Crippen molar-refractivity contribution >= 4 is 51.7 Å². The van der Waals surface area contributed by atoms with Gasteiger partial charge < -0.3 is 21.0 Å². The molecular formula is C22H21N8O5S2+. The molecule has 0 spiro atoms. The number of nitrogens with two attached hydrogens (primary N) is 1. The molecule has 5 rings (SSSR count). The molecule has 5 heterocycles. The number of aromatic amines is 1. The first kappa shape index (κ1) is 24.5. The number of aliphatic carboxylic acids is 1. The number of H-pyrrole nitrogens is 1. The molecule has 15 heteroatoms. The first-order chi connectivity index (χ1) is 17.9. The minimum absolute atomic E-state index is 0.0672. The number of nitrogen functional groups attached to an aromatic ring is 1. The fourth-order valence-electron chi connectivity index (χ4n) is 4.09. The minimum atomic E-state index is -1.20. The van der Waals surface area contributed by atoms with Crippen LogP contribution in [0.3, 0.4) is 0 Å². The number of thiazole rings is 1. The number of aromatic nitrogens is 4. The number of hydrogen-bond donors (Lipinski definition) is 4. The van der Waals surface area contributed by atoms with Gasteiger partial charge in [-0.1, -0.05) is 5.16 Å². The summed E-state index contributed by atoms with van der Waals surface area (Å²) in [6, 6.07) is 4.71. The van der Waals surface area contributed by atoms with Crippen molar-refractivity contribution in [1.29, 1.82) is 0 Å². The number of β-lactam (4-membered cyclic amide) rings is 1. The number of pyridine rings is 1. The highest BCUT2D eigenvalue weighted by Gasteiger charge is 2.54. The Morgan fingerprint density at radius 3 is 2.78 bits per heavy atom. The van der Waals surface area contributed by atoms with Crippen LogP contribution < -0.4 is 15.6 Å². The Balaban J connectivity index is 1.32. The van der Waals surface area contributed by atoms with Crippen LogP contribution in [0.15, 0.2) is 58.6 Å². The average molecular weight is 542 g/mol. The van der Waals surface area contributed by atoms with Crippen molar-refractivity contribution in [2.75, 3.05) is 18.6 Å². The van der Waals surface area contributed by atoms with Crippen LogP contribution in [-0.4, -0.2) is 73.0 Å². The number of carbonyl (C=O) groups is 3. The lowest BCUT2D eigenvalue weighted by Crippen LogP contribution is -2.71. The molecule has 0 radical (unpaired) electrons. The van der Waals surface area contributed by atoms with E-state index in [0.29, 0.717) is 17.9 Å². The van der Waals surface area contributed by atoms with E-state index < -0.39 is 29.2 Å². The van der Waals surface area contributed by atoms with Crippen LogP contribution in [0.5, 0.6) is 0 Å². The fraction of sp³-hybridized carbons (Fsp3) is 0.227. The summed E-state index contributed by atoms with van der Waals surface area (Å²) in [6.45, 7) is 0.293. The summed E-state index contributed by atoms with van der Waals surface area (Å²) in [5.41, 5.74) is 8.06. The Kier molecular flexibility index (Phi) is 6.62. The number of hydrogen-bond acceptors (Lipinski definition) is 10. The molecule has 5 N–H and O–H groups in total. The summed E-state index contributed by atoms with van der Waals surface area (Å²) >= 11 is 2.51. The van der Waals surface area contributed by atoms with Gasteiger partial charge in [0.05, 0.1) is 5.69 Å². The van der Waals surface area contributed by atoms with Crippen molar-refractivity contribution in [3.05, 3.63) is 59.1 Å². The van der Waals surface area contributed by atoms with Crippen LogP contribution in [-0.2, 0) is 25.8 Å². The van der Waals surface area contributed by atoms with E-state index in [1.807, 2.05) is 35.2 Å². The molecule has 2 aliphatic rings. The summed E-state index contributed by atoms with van der Waals surface area (Å²) in [4.78, 5) is 48.1. The summed E-state index contributed by atoms with van der Waals surface area (Å²) in [7, 11) is 1.28. The first-order valence-electron chi connectivity index (χ1n) is 10.9. The highest BCUT2D eigenvalue weighted by molar-refractivity contribution is 8.00. The Bertz CT molecular complexity index is 1420. The maximum Gasteiger partial charge on any atom is 0.352 e. The third kappa shape index (κ3) is 4.65. The van der Waals surface area contributed by atoms with Crippen molar-refractivity contribution in [3.8, 4) is 11.3 Å². The Hall–Kier alpha value is -4.24. The molecule has 13 nitrogen and oxygen atoms in total. The largest absolute Gasteiger partial charge is 0.477 e. The lowest BCUT2D eigenvalue weighted by Gasteiger charge is -2.49. The number of oxime groups is 1. The van der Waals surface area contributed by atoms with E-state index >= 15 is 0 Å². The number of amides is 2. The lowest BCUT2D eigenvalue weighted by atomic mass is 10.0. The highest BCUT2D eigenvalue weighted by atomic mass is 32.2. The molecule has 0 aliphatic carbocycles. The van der Waals surface area contributed by atoms with E-state index in [1.54, 1.807) is 11.6 Å². The zero-order valence-corrected chi connectivity index (χ0v) is 21.0. The Labute approximate surface area is 218 Å². The highest BCUT2D eigenvalue weighted by Crippen LogP contribution is 2.40. The molecule has 3 aromatic rings. The predicted octanol–water partition coefficient (Wildman–Crippen LogP) is 0.192. The number of carboxylic acid groups (broad SMARTS) is 1. The van der Waals surface area contributed by atoms with E-state index in [0.717, 1.165) is 22.6 Å².